The van der Waals surface area contributed by atoms with E-state index in [0.29, 0.717) is 12.4 Å². The normalized spacial score (nSPS) is 26.9. The number of hydrogen-bond donors (Lipinski definition) is 1. The molecule has 2 nitrogen and oxygen atoms in total. The van der Waals surface area contributed by atoms with Gasteiger partial charge in [0.05, 0.1) is 6.61 Å². The molecule has 0 bridgehead atoms. The Bertz CT molecular complexity index is 387. The quantitative estimate of drug-likeness (QED) is 0.684. The largest absolute Gasteiger partial charge is 0.490 e. The van der Waals surface area contributed by atoms with Crippen molar-refractivity contribution in [3.8, 4) is 5.75 Å². The minimum absolute atomic E-state index is 0.0538. The van der Waals surface area contributed by atoms with Gasteiger partial charge in [0.2, 0.25) is 0 Å². The molecule has 1 aliphatic heterocycles. The molecule has 1 atom stereocenters. The van der Waals surface area contributed by atoms with Crippen LogP contribution in [0.2, 0.25) is 0 Å². The van der Waals surface area contributed by atoms with E-state index in [0.717, 1.165) is 18.4 Å². The lowest BCUT2D eigenvalue weighted by Crippen LogP contribution is -2.33. The van der Waals surface area contributed by atoms with Crippen LogP contribution in [-0.4, -0.2) is 6.61 Å². The zero-order valence-electron chi connectivity index (χ0n) is 7.79. The van der Waals surface area contributed by atoms with Crippen molar-refractivity contribution in [3.63, 3.8) is 0 Å². The van der Waals surface area contributed by atoms with Crippen LogP contribution in [0.25, 0.3) is 0 Å². The SMILES string of the molecule is NC1c2cccc(F)c2OCC12CC2. The lowest BCUT2D eigenvalue weighted by Gasteiger charge is -2.31. The molecule has 74 valence electrons. The molecule has 1 spiro atoms. The van der Waals surface area contributed by atoms with Crippen LogP contribution in [-0.2, 0) is 0 Å². The average molecular weight is 193 g/mol. The fourth-order valence-corrected chi connectivity index (χ4v) is 2.17. The van der Waals surface area contributed by atoms with Crippen LogP contribution in [0.4, 0.5) is 4.39 Å². The highest BCUT2D eigenvalue weighted by molar-refractivity contribution is 5.41. The molecule has 0 radical (unpaired) electrons. The summed E-state index contributed by atoms with van der Waals surface area (Å²) in [5.74, 6) is 0.0611. The molecular weight excluding hydrogens is 181 g/mol. The van der Waals surface area contributed by atoms with Gasteiger partial charge in [-0.2, -0.15) is 0 Å². The molecule has 1 aliphatic carbocycles. The molecule has 2 N–H and O–H groups in total. The number of hydrogen-bond acceptors (Lipinski definition) is 2. The first-order valence-electron chi connectivity index (χ1n) is 4.90. The van der Waals surface area contributed by atoms with Gasteiger partial charge in [-0.1, -0.05) is 12.1 Å². The Hall–Kier alpha value is -1.09. The Labute approximate surface area is 81.9 Å². The molecule has 1 saturated carbocycles. The molecule has 3 rings (SSSR count). The van der Waals surface area contributed by atoms with Crippen molar-refractivity contribution in [1.29, 1.82) is 0 Å². The minimum Gasteiger partial charge on any atom is -0.490 e. The Morgan fingerprint density at radius 3 is 2.93 bits per heavy atom. The smallest absolute Gasteiger partial charge is 0.165 e. The summed E-state index contributed by atoms with van der Waals surface area (Å²) in [6.07, 6.45) is 2.20. The first-order chi connectivity index (χ1) is 6.73. The first-order valence-corrected chi connectivity index (χ1v) is 4.90. The summed E-state index contributed by atoms with van der Waals surface area (Å²) in [6, 6.07) is 4.92. The summed E-state index contributed by atoms with van der Waals surface area (Å²) in [7, 11) is 0. The van der Waals surface area contributed by atoms with Gasteiger partial charge in [0.25, 0.3) is 0 Å². The zero-order chi connectivity index (χ0) is 9.76. The van der Waals surface area contributed by atoms with E-state index < -0.39 is 0 Å². The Balaban J connectivity index is 2.11. The van der Waals surface area contributed by atoms with Gasteiger partial charge in [-0.25, -0.2) is 4.39 Å². The van der Waals surface area contributed by atoms with Gasteiger partial charge in [0, 0.05) is 17.0 Å². The first kappa shape index (κ1) is 8.24. The standard InChI is InChI=1S/C11H12FNO/c12-8-3-1-2-7-9(8)14-6-11(4-5-11)10(7)13/h1-3,10H,4-6,13H2. The predicted octanol–water partition coefficient (Wildman–Crippen LogP) is 2.00. The van der Waals surface area contributed by atoms with Gasteiger partial charge in [-0.05, 0) is 18.9 Å². The third kappa shape index (κ3) is 0.932. The van der Waals surface area contributed by atoms with Crippen LogP contribution in [0.5, 0.6) is 5.75 Å². The van der Waals surface area contributed by atoms with Crippen molar-refractivity contribution in [1.82, 2.24) is 0 Å². The molecule has 0 aromatic heterocycles. The third-order valence-corrected chi connectivity index (χ3v) is 3.39. The number of ether oxygens (including phenoxy) is 1. The molecule has 1 fully saturated rings. The minimum atomic E-state index is -0.298. The zero-order valence-corrected chi connectivity index (χ0v) is 7.79. The molecule has 3 heteroatoms. The Kier molecular flexibility index (Phi) is 1.46. The van der Waals surface area contributed by atoms with Crippen LogP contribution in [0.3, 0.4) is 0 Å². The highest BCUT2D eigenvalue weighted by Crippen LogP contribution is 2.57. The van der Waals surface area contributed by atoms with Gasteiger partial charge in [0.1, 0.15) is 0 Å². The maximum absolute atomic E-state index is 13.3. The summed E-state index contributed by atoms with van der Waals surface area (Å²) in [4.78, 5) is 0. The van der Waals surface area contributed by atoms with E-state index in [9.17, 15) is 4.39 Å². The maximum atomic E-state index is 13.3. The van der Waals surface area contributed by atoms with Crippen LogP contribution >= 0.6 is 0 Å². The molecule has 1 unspecified atom stereocenters. The molecular formula is C11H12FNO. The van der Waals surface area contributed by atoms with Crippen LogP contribution in [0.15, 0.2) is 18.2 Å². The second-order valence-corrected chi connectivity index (χ2v) is 4.29. The number of para-hydroxylation sites is 1. The van der Waals surface area contributed by atoms with Crippen molar-refractivity contribution >= 4 is 0 Å². The lowest BCUT2D eigenvalue weighted by atomic mass is 9.88. The fourth-order valence-electron chi connectivity index (χ4n) is 2.17. The van der Waals surface area contributed by atoms with Gasteiger partial charge in [0.15, 0.2) is 11.6 Å². The highest BCUT2D eigenvalue weighted by Gasteiger charge is 2.52. The summed E-state index contributed by atoms with van der Waals surface area (Å²) in [5, 5.41) is 0. The number of fused-ring (bicyclic) bond motifs is 1. The monoisotopic (exact) mass is 193 g/mol. The Morgan fingerprint density at radius 1 is 1.43 bits per heavy atom. The number of benzene rings is 1. The van der Waals surface area contributed by atoms with Gasteiger partial charge >= 0.3 is 0 Å². The maximum Gasteiger partial charge on any atom is 0.165 e. The molecule has 1 aromatic carbocycles. The molecule has 14 heavy (non-hydrogen) atoms. The van der Waals surface area contributed by atoms with E-state index >= 15 is 0 Å². The fraction of sp³-hybridized carbons (Fsp3) is 0.455. The van der Waals surface area contributed by atoms with E-state index in [-0.39, 0.29) is 17.3 Å². The van der Waals surface area contributed by atoms with Crippen molar-refractivity contribution in [3.05, 3.63) is 29.6 Å². The van der Waals surface area contributed by atoms with Gasteiger partial charge in [-0.3, -0.25) is 0 Å². The van der Waals surface area contributed by atoms with Crippen LogP contribution in [0, 0.1) is 11.2 Å². The highest BCUT2D eigenvalue weighted by atomic mass is 19.1. The predicted molar refractivity (Wildman–Crippen MR) is 50.5 cm³/mol. The topological polar surface area (TPSA) is 35.2 Å². The Morgan fingerprint density at radius 2 is 2.21 bits per heavy atom. The summed E-state index contributed by atoms with van der Waals surface area (Å²) in [6.45, 7) is 0.572. The van der Waals surface area contributed by atoms with Gasteiger partial charge in [-0.15, -0.1) is 0 Å². The van der Waals surface area contributed by atoms with E-state index in [1.165, 1.54) is 6.07 Å². The lowest BCUT2D eigenvalue weighted by molar-refractivity contribution is 0.170. The molecule has 0 amide bonds. The van der Waals surface area contributed by atoms with E-state index in [4.69, 9.17) is 10.5 Å². The molecule has 1 heterocycles. The summed E-state index contributed by atoms with van der Waals surface area (Å²) < 4.78 is 18.8. The summed E-state index contributed by atoms with van der Waals surface area (Å²) in [5.41, 5.74) is 7.05. The number of rotatable bonds is 0. The second kappa shape index (κ2) is 2.48. The third-order valence-electron chi connectivity index (χ3n) is 3.39. The van der Waals surface area contributed by atoms with E-state index in [2.05, 4.69) is 0 Å². The number of nitrogens with two attached hydrogens (primary N) is 1. The van der Waals surface area contributed by atoms with E-state index in [1.807, 2.05) is 6.07 Å². The van der Waals surface area contributed by atoms with Crippen LogP contribution in [0.1, 0.15) is 24.4 Å². The van der Waals surface area contributed by atoms with Crippen molar-refractivity contribution in [2.75, 3.05) is 6.61 Å². The average Bonchev–Trinajstić information content (AvgIpc) is 2.94. The van der Waals surface area contributed by atoms with Crippen molar-refractivity contribution in [2.45, 2.75) is 18.9 Å². The second-order valence-electron chi connectivity index (χ2n) is 4.29. The van der Waals surface area contributed by atoms with Crippen LogP contribution < -0.4 is 10.5 Å². The molecule has 2 aliphatic rings. The summed E-state index contributed by atoms with van der Waals surface area (Å²) >= 11 is 0. The van der Waals surface area contributed by atoms with Gasteiger partial charge < -0.3 is 10.5 Å². The molecule has 1 aromatic rings. The van der Waals surface area contributed by atoms with Crippen molar-refractivity contribution < 1.29 is 9.13 Å². The molecule has 0 saturated heterocycles. The van der Waals surface area contributed by atoms with E-state index in [1.54, 1.807) is 6.07 Å². The number of halogens is 1. The van der Waals surface area contributed by atoms with Crippen molar-refractivity contribution in [2.24, 2.45) is 11.1 Å².